The minimum Gasteiger partial charge on any atom is -0.350 e. The number of imide groups is 1. The fourth-order valence-corrected chi connectivity index (χ4v) is 4.43. The number of nitrogens with zero attached hydrogens (tertiary/aromatic N) is 1. The lowest BCUT2D eigenvalue weighted by Crippen LogP contribution is -2.32. The summed E-state index contributed by atoms with van der Waals surface area (Å²) >= 11 is 6.20. The van der Waals surface area contributed by atoms with Gasteiger partial charge in [0.15, 0.2) is 0 Å². The van der Waals surface area contributed by atoms with E-state index in [0.29, 0.717) is 22.6 Å². The Kier molecular flexibility index (Phi) is 6.68. The number of hydrogen-bond acceptors (Lipinski definition) is 6. The predicted molar refractivity (Wildman–Crippen MR) is 137 cm³/mol. The van der Waals surface area contributed by atoms with Crippen LogP contribution in [0.4, 0.5) is 17.1 Å². The van der Waals surface area contributed by atoms with Gasteiger partial charge < -0.3 is 10.6 Å². The molecule has 1 aliphatic rings. The molecule has 3 amide bonds. The van der Waals surface area contributed by atoms with Gasteiger partial charge in [-0.3, -0.25) is 14.4 Å². The summed E-state index contributed by atoms with van der Waals surface area (Å²) in [5.74, 6) is -1.64. The van der Waals surface area contributed by atoms with Gasteiger partial charge in [-0.15, -0.1) is 0 Å². The first-order chi connectivity index (χ1) is 16.9. The van der Waals surface area contributed by atoms with E-state index in [0.717, 1.165) is 16.0 Å². The van der Waals surface area contributed by atoms with Crippen LogP contribution in [0.1, 0.15) is 21.5 Å². The van der Waals surface area contributed by atoms with Crippen molar-refractivity contribution in [1.29, 1.82) is 0 Å². The largest absolute Gasteiger partial charge is 0.350 e. The number of carbonyl (C=O) groups is 3. The van der Waals surface area contributed by atoms with Crippen LogP contribution in [0.3, 0.4) is 0 Å². The zero-order valence-corrected chi connectivity index (χ0v) is 20.8. The molecule has 0 fully saturated rings. The zero-order chi connectivity index (χ0) is 26.2. The molecule has 0 atom stereocenters. The summed E-state index contributed by atoms with van der Waals surface area (Å²) in [5.41, 5.74) is 3.31. The van der Waals surface area contributed by atoms with Gasteiger partial charge in [0.2, 0.25) is 10.0 Å². The van der Waals surface area contributed by atoms with Crippen molar-refractivity contribution in [1.82, 2.24) is 0 Å². The second-order valence-corrected chi connectivity index (χ2v) is 10.1. The summed E-state index contributed by atoms with van der Waals surface area (Å²) in [4.78, 5) is 39.2. The molecule has 4 rings (SSSR count). The zero-order valence-electron chi connectivity index (χ0n) is 19.2. The van der Waals surface area contributed by atoms with Crippen LogP contribution in [0, 0.1) is 13.8 Å². The third kappa shape index (κ3) is 5.15. The average Bonchev–Trinajstić information content (AvgIpc) is 3.01. The van der Waals surface area contributed by atoms with Gasteiger partial charge in [0.05, 0.1) is 10.6 Å². The normalized spacial score (nSPS) is 13.8. The molecule has 0 bridgehead atoms. The molecule has 0 aromatic heterocycles. The molecular formula is C25H21ClN4O5S. The van der Waals surface area contributed by atoms with Crippen molar-refractivity contribution >= 4 is 56.4 Å². The average molecular weight is 525 g/mol. The third-order valence-electron chi connectivity index (χ3n) is 5.35. The fraction of sp³-hybridized carbons (Fsp3) is 0.0800. The Bertz CT molecular complexity index is 1510. The van der Waals surface area contributed by atoms with Crippen molar-refractivity contribution in [2.45, 2.75) is 18.7 Å². The molecule has 1 heterocycles. The van der Waals surface area contributed by atoms with E-state index < -0.39 is 27.7 Å². The van der Waals surface area contributed by atoms with E-state index in [1.165, 1.54) is 36.4 Å². The molecule has 9 nitrogen and oxygen atoms in total. The van der Waals surface area contributed by atoms with Crippen molar-refractivity contribution in [2.75, 3.05) is 15.5 Å². The van der Waals surface area contributed by atoms with Crippen molar-refractivity contribution < 1.29 is 22.8 Å². The maximum atomic E-state index is 13.0. The minimum absolute atomic E-state index is 0.0621. The van der Waals surface area contributed by atoms with E-state index in [1.807, 2.05) is 19.9 Å². The maximum absolute atomic E-state index is 13.0. The Morgan fingerprint density at radius 2 is 1.42 bits per heavy atom. The Hall–Kier alpha value is -3.99. The van der Waals surface area contributed by atoms with Gasteiger partial charge in [-0.1, -0.05) is 17.7 Å². The summed E-state index contributed by atoms with van der Waals surface area (Å²) in [6.07, 6.45) is 0. The van der Waals surface area contributed by atoms with Crippen molar-refractivity contribution in [2.24, 2.45) is 5.14 Å². The molecule has 4 N–H and O–H groups in total. The van der Waals surface area contributed by atoms with E-state index in [1.54, 1.807) is 24.3 Å². The first kappa shape index (κ1) is 25.1. The molecule has 3 aromatic carbocycles. The Balaban J connectivity index is 1.47. The second-order valence-electron chi connectivity index (χ2n) is 8.21. The summed E-state index contributed by atoms with van der Waals surface area (Å²) in [7, 11) is -3.83. The molecule has 0 radical (unpaired) electrons. The van der Waals surface area contributed by atoms with Crippen molar-refractivity contribution in [3.63, 3.8) is 0 Å². The lowest BCUT2D eigenvalue weighted by Gasteiger charge is -2.16. The minimum atomic E-state index is -3.83. The van der Waals surface area contributed by atoms with Crippen LogP contribution in [-0.4, -0.2) is 26.1 Å². The van der Waals surface area contributed by atoms with Crippen LogP contribution in [0.2, 0.25) is 0 Å². The molecule has 0 unspecified atom stereocenters. The molecular weight excluding hydrogens is 504 g/mol. The van der Waals surface area contributed by atoms with E-state index in [-0.39, 0.29) is 15.6 Å². The Morgan fingerprint density at radius 1 is 0.861 bits per heavy atom. The molecule has 0 aliphatic carbocycles. The fourth-order valence-electron chi connectivity index (χ4n) is 3.71. The lowest BCUT2D eigenvalue weighted by atomic mass is 10.1. The number of hydrogen-bond donors (Lipinski definition) is 3. The van der Waals surface area contributed by atoms with Crippen LogP contribution in [-0.2, 0) is 19.6 Å². The van der Waals surface area contributed by atoms with Crippen LogP contribution in [0.5, 0.6) is 0 Å². The standard InChI is InChI=1S/C25H21ClN4O5S/c1-14-11-15(2)13-19(12-14)30-24(32)21(26)22(25(30)33)28-17-5-3-16(4-6-17)23(31)29-18-7-9-20(10-8-18)36(27,34)35/h3-13,28H,1-2H3,(H,29,31)(H2,27,34,35). The van der Waals surface area contributed by atoms with Crippen molar-refractivity contribution in [3.8, 4) is 0 Å². The maximum Gasteiger partial charge on any atom is 0.283 e. The number of rotatable bonds is 6. The summed E-state index contributed by atoms with van der Waals surface area (Å²) in [6, 6.07) is 17.0. The first-order valence-electron chi connectivity index (χ1n) is 10.6. The quantitative estimate of drug-likeness (QED) is 0.421. The number of carbonyl (C=O) groups excluding carboxylic acids is 3. The van der Waals surface area contributed by atoms with Gasteiger partial charge in [0, 0.05) is 16.9 Å². The van der Waals surface area contributed by atoms with E-state index in [4.69, 9.17) is 16.7 Å². The molecule has 184 valence electrons. The second kappa shape index (κ2) is 9.57. The monoisotopic (exact) mass is 524 g/mol. The Labute approximate surface area is 212 Å². The van der Waals surface area contributed by atoms with Crippen LogP contribution < -0.4 is 20.7 Å². The number of nitrogens with two attached hydrogens (primary N) is 1. The number of sulfonamides is 1. The summed E-state index contributed by atoms with van der Waals surface area (Å²) in [6.45, 7) is 3.74. The van der Waals surface area contributed by atoms with Crippen molar-refractivity contribution in [3.05, 3.63) is 94.1 Å². The van der Waals surface area contributed by atoms with E-state index >= 15 is 0 Å². The highest BCUT2D eigenvalue weighted by Gasteiger charge is 2.39. The number of nitrogens with one attached hydrogen (secondary N) is 2. The van der Waals surface area contributed by atoms with Crippen LogP contribution in [0.25, 0.3) is 0 Å². The van der Waals surface area contributed by atoms with Gasteiger partial charge in [-0.25, -0.2) is 18.5 Å². The highest BCUT2D eigenvalue weighted by atomic mass is 35.5. The van der Waals surface area contributed by atoms with Gasteiger partial charge in [-0.2, -0.15) is 0 Å². The van der Waals surface area contributed by atoms with Gasteiger partial charge >= 0.3 is 0 Å². The topological polar surface area (TPSA) is 139 Å². The van der Waals surface area contributed by atoms with Gasteiger partial charge in [0.25, 0.3) is 17.7 Å². The number of halogens is 1. The van der Waals surface area contributed by atoms with Crippen LogP contribution in [0.15, 0.2) is 82.4 Å². The molecule has 0 spiro atoms. The number of anilines is 3. The molecule has 0 saturated heterocycles. The van der Waals surface area contributed by atoms with Gasteiger partial charge in [-0.05, 0) is 85.6 Å². The first-order valence-corrected chi connectivity index (χ1v) is 12.5. The highest BCUT2D eigenvalue weighted by molar-refractivity contribution is 7.89. The number of benzene rings is 3. The summed E-state index contributed by atoms with van der Waals surface area (Å²) < 4.78 is 22.7. The molecule has 11 heteroatoms. The smallest absolute Gasteiger partial charge is 0.283 e. The molecule has 3 aromatic rings. The van der Waals surface area contributed by atoms with E-state index in [9.17, 15) is 22.8 Å². The van der Waals surface area contributed by atoms with E-state index in [2.05, 4.69) is 10.6 Å². The predicted octanol–water partition coefficient (Wildman–Crippen LogP) is 3.64. The molecule has 36 heavy (non-hydrogen) atoms. The summed E-state index contributed by atoms with van der Waals surface area (Å²) in [5, 5.41) is 10.4. The SMILES string of the molecule is Cc1cc(C)cc(N2C(=O)C(Cl)=C(Nc3ccc(C(=O)Nc4ccc(S(N)(=O)=O)cc4)cc3)C2=O)c1. The lowest BCUT2D eigenvalue weighted by molar-refractivity contribution is -0.120. The number of amides is 3. The van der Waals surface area contributed by atoms with Gasteiger partial charge in [0.1, 0.15) is 10.7 Å². The number of primary sulfonamides is 1. The third-order valence-corrected chi connectivity index (χ3v) is 6.63. The van der Waals surface area contributed by atoms with Crippen LogP contribution >= 0.6 is 11.6 Å². The Morgan fingerprint density at radius 3 is 1.97 bits per heavy atom. The molecule has 0 saturated carbocycles. The highest BCUT2D eigenvalue weighted by Crippen LogP contribution is 2.31. The number of aryl methyl sites for hydroxylation is 2. The molecule has 1 aliphatic heterocycles.